The molecule has 0 aliphatic carbocycles. The zero-order chi connectivity index (χ0) is 21.5. The van der Waals surface area contributed by atoms with Crippen LogP contribution < -0.4 is 10.1 Å². The predicted molar refractivity (Wildman–Crippen MR) is 108 cm³/mol. The number of para-hydroxylation sites is 1. The molecule has 0 atom stereocenters. The lowest BCUT2D eigenvalue weighted by molar-refractivity contribution is 0.0475. The molecule has 0 unspecified atom stereocenters. The third-order valence-electron chi connectivity index (χ3n) is 4.23. The molecule has 152 valence electrons. The van der Waals surface area contributed by atoms with E-state index in [1.54, 1.807) is 42.5 Å². The SMILES string of the molecule is COc1cccc(C(=O)Nc2ccccc2C(=O)OCC(=O)c2ccc(F)cc2)c1. The molecule has 6 nitrogen and oxygen atoms in total. The summed E-state index contributed by atoms with van der Waals surface area (Å²) in [6, 6.07) is 17.8. The van der Waals surface area contributed by atoms with Crippen LogP contribution in [-0.4, -0.2) is 31.4 Å². The minimum absolute atomic E-state index is 0.0978. The number of esters is 1. The van der Waals surface area contributed by atoms with Gasteiger partial charge in [-0.05, 0) is 54.6 Å². The third-order valence-corrected chi connectivity index (χ3v) is 4.23. The molecule has 0 saturated heterocycles. The number of nitrogens with one attached hydrogen (secondary N) is 1. The van der Waals surface area contributed by atoms with Gasteiger partial charge in [-0.25, -0.2) is 9.18 Å². The van der Waals surface area contributed by atoms with Crippen molar-refractivity contribution in [3.63, 3.8) is 0 Å². The molecule has 1 amide bonds. The molecule has 0 heterocycles. The van der Waals surface area contributed by atoms with E-state index in [-0.39, 0.29) is 16.8 Å². The molecule has 0 fully saturated rings. The summed E-state index contributed by atoms with van der Waals surface area (Å²) in [5.41, 5.74) is 0.915. The number of benzene rings is 3. The average molecular weight is 407 g/mol. The number of rotatable bonds is 7. The number of Topliss-reactive ketones (excluding diaryl/α,β-unsaturated/α-hetero) is 1. The lowest BCUT2D eigenvalue weighted by atomic mass is 10.1. The Balaban J connectivity index is 1.69. The lowest BCUT2D eigenvalue weighted by Crippen LogP contribution is -2.18. The van der Waals surface area contributed by atoms with Crippen LogP contribution in [0.3, 0.4) is 0 Å². The monoisotopic (exact) mass is 407 g/mol. The van der Waals surface area contributed by atoms with Gasteiger partial charge >= 0.3 is 5.97 Å². The van der Waals surface area contributed by atoms with Crippen molar-refractivity contribution in [3.05, 3.63) is 95.3 Å². The van der Waals surface area contributed by atoms with Crippen LogP contribution in [0.2, 0.25) is 0 Å². The molecule has 3 aromatic rings. The normalized spacial score (nSPS) is 10.2. The van der Waals surface area contributed by atoms with E-state index in [0.717, 1.165) is 12.1 Å². The van der Waals surface area contributed by atoms with Gasteiger partial charge in [-0.15, -0.1) is 0 Å². The van der Waals surface area contributed by atoms with Gasteiger partial charge in [0, 0.05) is 11.1 Å². The maximum atomic E-state index is 13.0. The molecule has 0 spiro atoms. The van der Waals surface area contributed by atoms with Gasteiger partial charge in [0.15, 0.2) is 12.4 Å². The fourth-order valence-corrected chi connectivity index (χ4v) is 2.66. The molecule has 0 bridgehead atoms. The second-order valence-electron chi connectivity index (χ2n) is 6.24. The van der Waals surface area contributed by atoms with E-state index in [0.29, 0.717) is 11.3 Å². The fraction of sp³-hybridized carbons (Fsp3) is 0.0870. The number of carbonyl (C=O) groups is 3. The molecule has 30 heavy (non-hydrogen) atoms. The van der Waals surface area contributed by atoms with Crippen LogP contribution >= 0.6 is 0 Å². The zero-order valence-corrected chi connectivity index (χ0v) is 16.1. The molecule has 0 aromatic heterocycles. The number of hydrogen-bond donors (Lipinski definition) is 1. The highest BCUT2D eigenvalue weighted by Gasteiger charge is 2.17. The summed E-state index contributed by atoms with van der Waals surface area (Å²) in [7, 11) is 1.50. The number of methoxy groups -OCH3 is 1. The second-order valence-corrected chi connectivity index (χ2v) is 6.24. The maximum Gasteiger partial charge on any atom is 0.340 e. The standard InChI is InChI=1S/C23H18FNO5/c1-29-18-6-4-5-16(13-18)22(27)25-20-8-3-2-7-19(20)23(28)30-14-21(26)15-9-11-17(24)12-10-15/h2-13H,14H2,1H3,(H,25,27). The average Bonchev–Trinajstić information content (AvgIpc) is 2.78. The summed E-state index contributed by atoms with van der Waals surface area (Å²) in [6.45, 7) is -0.511. The quantitative estimate of drug-likeness (QED) is 0.471. The molecule has 0 radical (unpaired) electrons. The summed E-state index contributed by atoms with van der Waals surface area (Å²) >= 11 is 0. The molecular weight excluding hydrogens is 389 g/mol. The van der Waals surface area contributed by atoms with Crippen molar-refractivity contribution in [1.82, 2.24) is 0 Å². The number of amides is 1. The Kier molecular flexibility index (Phi) is 6.54. The largest absolute Gasteiger partial charge is 0.497 e. The highest BCUT2D eigenvalue weighted by atomic mass is 19.1. The van der Waals surface area contributed by atoms with Crippen LogP contribution in [0.4, 0.5) is 10.1 Å². The first-order chi connectivity index (χ1) is 14.5. The Bertz CT molecular complexity index is 1080. The number of ketones is 1. The minimum Gasteiger partial charge on any atom is -0.497 e. The van der Waals surface area contributed by atoms with Crippen LogP contribution in [0.1, 0.15) is 31.1 Å². The minimum atomic E-state index is -0.771. The van der Waals surface area contributed by atoms with Crippen molar-refractivity contribution in [1.29, 1.82) is 0 Å². The van der Waals surface area contributed by atoms with Gasteiger partial charge in [0.25, 0.3) is 5.91 Å². The van der Waals surface area contributed by atoms with Crippen LogP contribution in [0.15, 0.2) is 72.8 Å². The van der Waals surface area contributed by atoms with Gasteiger partial charge in [-0.3, -0.25) is 9.59 Å². The van der Waals surface area contributed by atoms with E-state index in [2.05, 4.69) is 5.32 Å². The van der Waals surface area contributed by atoms with Crippen molar-refractivity contribution in [2.75, 3.05) is 19.0 Å². The third kappa shape index (κ3) is 5.08. The van der Waals surface area contributed by atoms with Crippen molar-refractivity contribution >= 4 is 23.3 Å². The van der Waals surface area contributed by atoms with E-state index in [9.17, 15) is 18.8 Å². The zero-order valence-electron chi connectivity index (χ0n) is 16.1. The Morgan fingerprint density at radius 1 is 0.900 bits per heavy atom. The highest BCUT2D eigenvalue weighted by Crippen LogP contribution is 2.19. The van der Waals surface area contributed by atoms with Crippen molar-refractivity contribution < 1.29 is 28.2 Å². The summed E-state index contributed by atoms with van der Waals surface area (Å²) in [6.07, 6.45) is 0. The molecule has 7 heteroatoms. The number of halogens is 1. The van der Waals surface area contributed by atoms with Crippen LogP contribution in [-0.2, 0) is 4.74 Å². The van der Waals surface area contributed by atoms with Gasteiger partial charge in [0.05, 0.1) is 18.4 Å². The van der Waals surface area contributed by atoms with Crippen LogP contribution in [0.25, 0.3) is 0 Å². The fourth-order valence-electron chi connectivity index (χ4n) is 2.66. The maximum absolute atomic E-state index is 13.0. The predicted octanol–water partition coefficient (Wildman–Crippen LogP) is 4.13. The van der Waals surface area contributed by atoms with Gasteiger partial charge in [0.2, 0.25) is 0 Å². The highest BCUT2D eigenvalue weighted by molar-refractivity contribution is 6.08. The van der Waals surface area contributed by atoms with Gasteiger partial charge in [-0.2, -0.15) is 0 Å². The molecule has 0 aliphatic heterocycles. The topological polar surface area (TPSA) is 81.7 Å². The molecule has 0 saturated carbocycles. The Hall–Kier alpha value is -4.00. The first-order valence-corrected chi connectivity index (χ1v) is 8.98. The van der Waals surface area contributed by atoms with E-state index >= 15 is 0 Å². The summed E-state index contributed by atoms with van der Waals surface area (Å²) < 4.78 is 23.2. The summed E-state index contributed by atoms with van der Waals surface area (Å²) in [4.78, 5) is 37.1. The van der Waals surface area contributed by atoms with E-state index in [1.807, 2.05) is 0 Å². The summed E-state index contributed by atoms with van der Waals surface area (Å²) in [5, 5.41) is 2.66. The van der Waals surface area contributed by atoms with Crippen LogP contribution in [0, 0.1) is 5.82 Å². The van der Waals surface area contributed by atoms with E-state index < -0.39 is 30.1 Å². The van der Waals surface area contributed by atoms with Crippen molar-refractivity contribution in [3.8, 4) is 5.75 Å². The Morgan fingerprint density at radius 2 is 1.63 bits per heavy atom. The molecule has 1 N–H and O–H groups in total. The first kappa shape index (κ1) is 20.7. The Morgan fingerprint density at radius 3 is 2.37 bits per heavy atom. The number of ether oxygens (including phenoxy) is 2. The smallest absolute Gasteiger partial charge is 0.340 e. The molecule has 3 aromatic carbocycles. The molecule has 3 rings (SSSR count). The Labute approximate surface area is 172 Å². The van der Waals surface area contributed by atoms with Crippen molar-refractivity contribution in [2.45, 2.75) is 0 Å². The summed E-state index contributed by atoms with van der Waals surface area (Å²) in [5.74, 6) is -1.62. The van der Waals surface area contributed by atoms with Crippen molar-refractivity contribution in [2.24, 2.45) is 0 Å². The number of anilines is 1. The first-order valence-electron chi connectivity index (χ1n) is 8.98. The lowest BCUT2D eigenvalue weighted by Gasteiger charge is -2.11. The van der Waals surface area contributed by atoms with Crippen LogP contribution in [0.5, 0.6) is 5.75 Å². The van der Waals surface area contributed by atoms with Gasteiger partial charge in [-0.1, -0.05) is 18.2 Å². The van der Waals surface area contributed by atoms with Gasteiger partial charge in [0.1, 0.15) is 11.6 Å². The second kappa shape index (κ2) is 9.47. The van der Waals surface area contributed by atoms with E-state index in [1.165, 1.54) is 25.3 Å². The molecular formula is C23H18FNO5. The van der Waals surface area contributed by atoms with E-state index in [4.69, 9.17) is 9.47 Å². The van der Waals surface area contributed by atoms with Gasteiger partial charge < -0.3 is 14.8 Å². The molecule has 0 aliphatic rings. The number of hydrogen-bond acceptors (Lipinski definition) is 5. The number of carbonyl (C=O) groups excluding carboxylic acids is 3.